The molecule has 2 aliphatic rings. The minimum Gasteiger partial charge on any atom is -0.498 e. The minimum atomic E-state index is -0.0225. The van der Waals surface area contributed by atoms with Crippen LogP contribution >= 0.6 is 0 Å². The Morgan fingerprint density at radius 2 is 2.05 bits per heavy atom. The fourth-order valence-electron chi connectivity index (χ4n) is 5.71. The highest BCUT2D eigenvalue weighted by molar-refractivity contribution is 6.03. The van der Waals surface area contributed by atoms with E-state index in [0.717, 1.165) is 77.9 Å². The second-order valence-electron chi connectivity index (χ2n) is 10.5. The van der Waals surface area contributed by atoms with Crippen LogP contribution in [0, 0.1) is 0 Å². The first-order chi connectivity index (χ1) is 18.6. The summed E-state index contributed by atoms with van der Waals surface area (Å²) in [7, 11) is 1.82. The van der Waals surface area contributed by atoms with Crippen LogP contribution in [0.1, 0.15) is 57.1 Å². The van der Waals surface area contributed by atoms with E-state index in [1.165, 1.54) is 32.4 Å². The smallest absolute Gasteiger partial charge is 0.329 e. The van der Waals surface area contributed by atoms with Crippen molar-refractivity contribution in [3.05, 3.63) is 71.0 Å². The average Bonchev–Trinajstić information content (AvgIpc) is 3.22. The Balaban J connectivity index is 1.39. The molecule has 7 nitrogen and oxygen atoms in total. The zero-order valence-corrected chi connectivity index (χ0v) is 22.8. The molecule has 7 heteroatoms. The molecule has 0 unspecified atom stereocenters. The van der Waals surface area contributed by atoms with Crippen molar-refractivity contribution in [2.24, 2.45) is 7.05 Å². The zero-order chi connectivity index (χ0) is 26.5. The van der Waals surface area contributed by atoms with Crippen LogP contribution in [0.5, 0.6) is 0 Å². The Morgan fingerprint density at radius 3 is 2.82 bits per heavy atom. The molecule has 1 aromatic carbocycles. The van der Waals surface area contributed by atoms with Crippen molar-refractivity contribution in [3.8, 4) is 0 Å². The van der Waals surface area contributed by atoms with Crippen LogP contribution in [0.4, 0.5) is 0 Å². The predicted molar refractivity (Wildman–Crippen MR) is 154 cm³/mol. The molecule has 1 atom stereocenters. The first-order valence-corrected chi connectivity index (χ1v) is 14.0. The van der Waals surface area contributed by atoms with Crippen LogP contribution in [0.3, 0.4) is 0 Å². The van der Waals surface area contributed by atoms with Gasteiger partial charge in [-0.05, 0) is 81.5 Å². The summed E-state index contributed by atoms with van der Waals surface area (Å²) in [5.41, 5.74) is 4.62. The summed E-state index contributed by atoms with van der Waals surface area (Å²) in [6.07, 6.45) is 14.7. The maximum Gasteiger partial charge on any atom is 0.329 e. The fourth-order valence-corrected chi connectivity index (χ4v) is 5.71. The number of ether oxygens (including phenoxy) is 2. The van der Waals surface area contributed by atoms with Crippen molar-refractivity contribution >= 4 is 27.5 Å². The van der Waals surface area contributed by atoms with Crippen molar-refractivity contribution in [2.75, 3.05) is 39.5 Å². The molecule has 2 fully saturated rings. The Bertz CT molecular complexity index is 1400. The van der Waals surface area contributed by atoms with Gasteiger partial charge in [-0.3, -0.25) is 14.1 Å². The van der Waals surface area contributed by atoms with Gasteiger partial charge >= 0.3 is 5.69 Å². The second-order valence-corrected chi connectivity index (χ2v) is 10.5. The van der Waals surface area contributed by atoms with Crippen LogP contribution in [-0.2, 0) is 16.5 Å². The minimum absolute atomic E-state index is 0.0225. The van der Waals surface area contributed by atoms with E-state index in [1.807, 2.05) is 36.8 Å². The number of hydrogen-bond donors (Lipinski definition) is 0. The van der Waals surface area contributed by atoms with E-state index in [4.69, 9.17) is 9.47 Å². The highest BCUT2D eigenvalue weighted by atomic mass is 16.5. The average molecular weight is 517 g/mol. The Labute approximate surface area is 225 Å². The summed E-state index contributed by atoms with van der Waals surface area (Å²) in [6, 6.07) is 6.24. The van der Waals surface area contributed by atoms with E-state index in [0.29, 0.717) is 6.61 Å². The van der Waals surface area contributed by atoms with Gasteiger partial charge in [0.1, 0.15) is 0 Å². The molecule has 202 valence electrons. The number of rotatable bonds is 9. The van der Waals surface area contributed by atoms with Crippen LogP contribution < -0.4 is 5.69 Å². The first kappa shape index (κ1) is 26.4. The van der Waals surface area contributed by atoms with Crippen LogP contribution in [-0.4, -0.2) is 58.5 Å². The summed E-state index contributed by atoms with van der Waals surface area (Å²) >= 11 is 0. The zero-order valence-electron chi connectivity index (χ0n) is 22.8. The fraction of sp³-hybridized carbons (Fsp3) is 0.484. The lowest BCUT2D eigenvalue weighted by Crippen LogP contribution is -2.31. The lowest BCUT2D eigenvalue weighted by molar-refractivity contribution is 0.0593. The van der Waals surface area contributed by atoms with Gasteiger partial charge < -0.3 is 14.4 Å². The number of allylic oxidation sites excluding steroid dienone is 5. The number of benzene rings is 1. The van der Waals surface area contributed by atoms with Crippen molar-refractivity contribution < 1.29 is 9.47 Å². The molecule has 2 aliphatic heterocycles. The van der Waals surface area contributed by atoms with Gasteiger partial charge in [-0.15, -0.1) is 0 Å². The summed E-state index contributed by atoms with van der Waals surface area (Å²) in [4.78, 5) is 20.5. The number of fused-ring (bicyclic) bond motifs is 3. The van der Waals surface area contributed by atoms with Crippen molar-refractivity contribution in [1.29, 1.82) is 0 Å². The maximum atomic E-state index is 13.3. The lowest BCUT2D eigenvalue weighted by Gasteiger charge is -2.26. The molecule has 0 saturated carbocycles. The van der Waals surface area contributed by atoms with Gasteiger partial charge in [-0.1, -0.05) is 31.2 Å². The lowest BCUT2D eigenvalue weighted by atomic mass is 10.0. The number of nitrogens with zero attached hydrogens (tertiary/aromatic N) is 4. The molecule has 0 bridgehead atoms. The van der Waals surface area contributed by atoms with Crippen LogP contribution in [0.15, 0.2) is 59.8 Å². The van der Waals surface area contributed by atoms with Crippen molar-refractivity contribution in [2.45, 2.75) is 51.5 Å². The summed E-state index contributed by atoms with van der Waals surface area (Å²) in [5.74, 6) is 0.891. The van der Waals surface area contributed by atoms with Gasteiger partial charge in [0, 0.05) is 25.6 Å². The maximum absolute atomic E-state index is 13.3. The van der Waals surface area contributed by atoms with Gasteiger partial charge in [0.05, 0.1) is 47.8 Å². The SMILES string of the molecule is C=C/C(=C\C=C(/C)OCCCN1CCCCC1)c1ccc2ncc3c(c2c1)n([C@H]1CCCOC1)c(=O)n3C. The molecule has 3 aromatic rings. The molecule has 0 spiro atoms. The third kappa shape index (κ3) is 5.64. The molecular weight excluding hydrogens is 476 g/mol. The quantitative estimate of drug-likeness (QED) is 0.210. The molecule has 0 aliphatic carbocycles. The monoisotopic (exact) mass is 516 g/mol. The molecule has 0 amide bonds. The molecule has 2 saturated heterocycles. The highest BCUT2D eigenvalue weighted by Gasteiger charge is 2.23. The van der Waals surface area contributed by atoms with E-state index in [2.05, 4.69) is 34.7 Å². The summed E-state index contributed by atoms with van der Waals surface area (Å²) in [6.45, 7) is 11.7. The third-order valence-electron chi connectivity index (χ3n) is 7.86. The number of imidazole rings is 1. The topological polar surface area (TPSA) is 61.5 Å². The van der Waals surface area contributed by atoms with Crippen LogP contribution in [0.2, 0.25) is 0 Å². The Morgan fingerprint density at radius 1 is 1.21 bits per heavy atom. The molecule has 2 aromatic heterocycles. The number of aromatic nitrogens is 3. The number of hydrogen-bond acceptors (Lipinski definition) is 5. The van der Waals surface area contributed by atoms with Crippen molar-refractivity contribution in [3.63, 3.8) is 0 Å². The van der Waals surface area contributed by atoms with Crippen molar-refractivity contribution in [1.82, 2.24) is 19.0 Å². The van der Waals surface area contributed by atoms with E-state index >= 15 is 0 Å². The van der Waals surface area contributed by atoms with Gasteiger partial charge in [-0.2, -0.15) is 0 Å². The van der Waals surface area contributed by atoms with Gasteiger partial charge in [0.2, 0.25) is 0 Å². The number of likely N-dealkylation sites (tertiary alicyclic amines) is 1. The number of aryl methyl sites for hydroxylation is 1. The predicted octanol–water partition coefficient (Wildman–Crippen LogP) is 5.61. The van der Waals surface area contributed by atoms with Gasteiger partial charge in [0.25, 0.3) is 0 Å². The summed E-state index contributed by atoms with van der Waals surface area (Å²) in [5, 5.41) is 0.964. The first-order valence-electron chi connectivity index (χ1n) is 14.0. The van der Waals surface area contributed by atoms with Gasteiger partial charge in [0.15, 0.2) is 0 Å². The largest absolute Gasteiger partial charge is 0.498 e. The normalized spacial score (nSPS) is 19.8. The molecule has 4 heterocycles. The molecule has 5 rings (SSSR count). The van der Waals surface area contributed by atoms with E-state index in [1.54, 1.807) is 10.8 Å². The molecule has 0 radical (unpaired) electrons. The molecule has 0 N–H and O–H groups in total. The van der Waals surface area contributed by atoms with Crippen LogP contribution in [0.25, 0.3) is 27.5 Å². The van der Waals surface area contributed by atoms with E-state index < -0.39 is 0 Å². The second kappa shape index (κ2) is 12.1. The Kier molecular flexibility index (Phi) is 8.45. The number of pyridine rings is 1. The van der Waals surface area contributed by atoms with Gasteiger partial charge in [-0.25, -0.2) is 4.79 Å². The van der Waals surface area contributed by atoms with E-state index in [-0.39, 0.29) is 11.7 Å². The number of piperidine rings is 1. The standard InChI is InChI=1S/C31H40N4O3/c1-4-24(12-11-23(2)38-19-9-17-34-15-6-5-7-16-34)25-13-14-28-27(20-25)30-29(21-32-28)33(3)31(36)35(30)26-10-8-18-37-22-26/h4,11-14,20-21,26H,1,5-10,15-19,22H2,2-3H3/b23-11+,24-12+/t26-/m0/s1. The Hall–Kier alpha value is -3.16. The highest BCUT2D eigenvalue weighted by Crippen LogP contribution is 2.30. The molecule has 38 heavy (non-hydrogen) atoms. The molecular formula is C31H40N4O3. The summed E-state index contributed by atoms with van der Waals surface area (Å²) < 4.78 is 15.3. The third-order valence-corrected chi connectivity index (χ3v) is 7.86. The van der Waals surface area contributed by atoms with E-state index in [9.17, 15) is 4.79 Å².